The molecule has 2 aromatic heterocycles. The van der Waals surface area contributed by atoms with Crippen molar-refractivity contribution in [1.82, 2.24) is 20.2 Å². The summed E-state index contributed by atoms with van der Waals surface area (Å²) in [5.41, 5.74) is 1.66. The SMILES string of the molecule is C[C@@H]1C(=O)N(c2cccc(C#N)c2)c2cnc(Nc3cc(F)c4n[nH]c(F)c4c3)nc2N1C1CCCCC1. The van der Waals surface area contributed by atoms with E-state index in [1.807, 2.05) is 6.92 Å². The average molecular weight is 515 g/mol. The van der Waals surface area contributed by atoms with Gasteiger partial charge >= 0.3 is 0 Å². The van der Waals surface area contributed by atoms with Crippen molar-refractivity contribution in [2.45, 2.75) is 51.1 Å². The van der Waals surface area contributed by atoms with E-state index in [0.717, 1.165) is 32.1 Å². The van der Waals surface area contributed by atoms with Gasteiger partial charge in [0.25, 0.3) is 5.91 Å². The highest BCUT2D eigenvalue weighted by molar-refractivity contribution is 6.10. The first-order chi connectivity index (χ1) is 18.4. The van der Waals surface area contributed by atoms with Gasteiger partial charge < -0.3 is 10.2 Å². The van der Waals surface area contributed by atoms with Crippen molar-refractivity contribution in [2.75, 3.05) is 15.1 Å². The molecule has 192 valence electrons. The number of fused-ring (bicyclic) bond motifs is 2. The molecular weight excluding hydrogens is 490 g/mol. The van der Waals surface area contributed by atoms with Crippen molar-refractivity contribution in [2.24, 2.45) is 0 Å². The van der Waals surface area contributed by atoms with E-state index >= 15 is 0 Å². The Morgan fingerprint density at radius 3 is 2.76 bits per heavy atom. The van der Waals surface area contributed by atoms with Crippen LogP contribution in [-0.2, 0) is 4.79 Å². The minimum Gasteiger partial charge on any atom is -0.340 e. The Balaban J connectivity index is 1.45. The second-order valence-electron chi connectivity index (χ2n) is 9.63. The fraction of sp³-hybridized carbons (Fsp3) is 0.296. The fourth-order valence-electron chi connectivity index (χ4n) is 5.46. The van der Waals surface area contributed by atoms with Gasteiger partial charge in [0.05, 0.1) is 28.9 Å². The minimum absolute atomic E-state index is 0.0112. The first kappa shape index (κ1) is 23.8. The molecule has 1 saturated carbocycles. The van der Waals surface area contributed by atoms with Crippen LogP contribution in [0, 0.1) is 23.1 Å². The number of aromatic nitrogens is 4. The molecule has 4 aromatic rings. The second kappa shape index (κ2) is 9.37. The Hall–Kier alpha value is -4.59. The van der Waals surface area contributed by atoms with Crippen LogP contribution in [0.1, 0.15) is 44.6 Å². The number of aromatic amines is 1. The Kier molecular flexibility index (Phi) is 5.87. The summed E-state index contributed by atoms with van der Waals surface area (Å²) >= 11 is 0. The molecule has 1 fully saturated rings. The first-order valence-electron chi connectivity index (χ1n) is 12.5. The molecule has 6 rings (SSSR count). The van der Waals surface area contributed by atoms with Gasteiger partial charge in [-0.2, -0.15) is 19.7 Å². The van der Waals surface area contributed by atoms with Gasteiger partial charge in [-0.05, 0) is 50.1 Å². The highest BCUT2D eigenvalue weighted by Gasteiger charge is 2.41. The first-order valence-corrected chi connectivity index (χ1v) is 12.5. The lowest BCUT2D eigenvalue weighted by atomic mass is 9.92. The maximum absolute atomic E-state index is 14.5. The van der Waals surface area contributed by atoms with Gasteiger partial charge in [0, 0.05) is 11.7 Å². The molecular formula is C27H24F2N8O. The number of anilines is 5. The lowest BCUT2D eigenvalue weighted by Crippen LogP contribution is -2.55. The maximum Gasteiger partial charge on any atom is 0.254 e. The summed E-state index contributed by atoms with van der Waals surface area (Å²) in [6.45, 7) is 1.86. The van der Waals surface area contributed by atoms with E-state index in [9.17, 15) is 18.8 Å². The number of hydrogen-bond donors (Lipinski definition) is 2. The number of nitriles is 1. The number of carbonyl (C=O) groups is 1. The van der Waals surface area contributed by atoms with Crippen LogP contribution in [0.15, 0.2) is 42.6 Å². The third-order valence-electron chi connectivity index (χ3n) is 7.25. The van der Waals surface area contributed by atoms with Crippen molar-refractivity contribution in [1.29, 1.82) is 5.26 Å². The van der Waals surface area contributed by atoms with Gasteiger partial charge in [-0.15, -0.1) is 0 Å². The van der Waals surface area contributed by atoms with E-state index in [2.05, 4.69) is 31.5 Å². The normalized spacial score (nSPS) is 17.9. The van der Waals surface area contributed by atoms with Gasteiger partial charge in [0.15, 0.2) is 11.6 Å². The van der Waals surface area contributed by atoms with Crippen molar-refractivity contribution >= 4 is 45.6 Å². The average Bonchev–Trinajstić information content (AvgIpc) is 3.31. The number of hydrogen-bond acceptors (Lipinski definition) is 7. The van der Waals surface area contributed by atoms with Crippen LogP contribution < -0.4 is 15.1 Å². The molecule has 0 spiro atoms. The number of carbonyl (C=O) groups excluding carboxylic acids is 1. The molecule has 38 heavy (non-hydrogen) atoms. The third-order valence-corrected chi connectivity index (χ3v) is 7.25. The number of rotatable bonds is 4. The van der Waals surface area contributed by atoms with Crippen LogP contribution in [0.3, 0.4) is 0 Å². The maximum atomic E-state index is 14.5. The zero-order valence-corrected chi connectivity index (χ0v) is 20.6. The summed E-state index contributed by atoms with van der Waals surface area (Å²) in [4.78, 5) is 26.6. The predicted octanol–water partition coefficient (Wildman–Crippen LogP) is 5.45. The highest BCUT2D eigenvalue weighted by Crippen LogP contribution is 2.42. The molecule has 0 radical (unpaired) electrons. The fourth-order valence-corrected chi connectivity index (χ4v) is 5.46. The zero-order chi connectivity index (χ0) is 26.4. The lowest BCUT2D eigenvalue weighted by Gasteiger charge is -2.45. The molecule has 1 atom stereocenters. The predicted molar refractivity (Wildman–Crippen MR) is 138 cm³/mol. The van der Waals surface area contributed by atoms with Gasteiger partial charge in [-0.1, -0.05) is 25.3 Å². The van der Waals surface area contributed by atoms with E-state index in [-0.39, 0.29) is 34.5 Å². The second-order valence-corrected chi connectivity index (χ2v) is 9.63. The molecule has 2 N–H and O–H groups in total. The number of nitrogens with one attached hydrogen (secondary N) is 2. The Bertz CT molecular complexity index is 1590. The van der Waals surface area contributed by atoms with Crippen molar-refractivity contribution < 1.29 is 13.6 Å². The molecule has 0 saturated heterocycles. The van der Waals surface area contributed by atoms with Crippen LogP contribution in [0.4, 0.5) is 37.6 Å². The topological polar surface area (TPSA) is 114 Å². The summed E-state index contributed by atoms with van der Waals surface area (Å²) in [7, 11) is 0. The van der Waals surface area contributed by atoms with Gasteiger partial charge in [0.2, 0.25) is 11.9 Å². The zero-order valence-electron chi connectivity index (χ0n) is 20.6. The van der Waals surface area contributed by atoms with Crippen LogP contribution in [-0.4, -0.2) is 38.2 Å². The van der Waals surface area contributed by atoms with Crippen molar-refractivity contribution in [3.05, 3.63) is 59.9 Å². The van der Waals surface area contributed by atoms with Crippen LogP contribution in [0.5, 0.6) is 0 Å². The van der Waals surface area contributed by atoms with Gasteiger partial charge in [0.1, 0.15) is 17.2 Å². The molecule has 9 nitrogen and oxygen atoms in total. The molecule has 0 unspecified atom stereocenters. The quantitative estimate of drug-likeness (QED) is 0.372. The van der Waals surface area contributed by atoms with E-state index in [0.29, 0.717) is 22.8 Å². The number of benzene rings is 2. The smallest absolute Gasteiger partial charge is 0.254 e. The Labute approximate surface area is 217 Å². The summed E-state index contributed by atoms with van der Waals surface area (Å²) < 4.78 is 28.6. The Morgan fingerprint density at radius 2 is 1.97 bits per heavy atom. The summed E-state index contributed by atoms with van der Waals surface area (Å²) in [6.07, 6.45) is 6.72. The van der Waals surface area contributed by atoms with E-state index < -0.39 is 17.8 Å². The Morgan fingerprint density at radius 1 is 1.16 bits per heavy atom. The molecule has 1 amide bonds. The molecule has 0 bridgehead atoms. The summed E-state index contributed by atoms with van der Waals surface area (Å²) in [5, 5.41) is 18.2. The molecule has 11 heteroatoms. The highest BCUT2D eigenvalue weighted by atomic mass is 19.1. The van der Waals surface area contributed by atoms with E-state index in [4.69, 9.17) is 4.98 Å². The number of amides is 1. The molecule has 1 aliphatic heterocycles. The van der Waals surface area contributed by atoms with E-state index in [1.165, 1.54) is 12.1 Å². The number of H-pyrrole nitrogens is 1. The monoisotopic (exact) mass is 514 g/mol. The molecule has 3 heterocycles. The lowest BCUT2D eigenvalue weighted by molar-refractivity contribution is -0.119. The van der Waals surface area contributed by atoms with Crippen molar-refractivity contribution in [3.63, 3.8) is 0 Å². The van der Waals surface area contributed by atoms with Crippen LogP contribution >= 0.6 is 0 Å². The third kappa shape index (κ3) is 3.98. The van der Waals surface area contributed by atoms with Gasteiger partial charge in [-0.3, -0.25) is 14.8 Å². The van der Waals surface area contributed by atoms with Gasteiger partial charge in [-0.25, -0.2) is 9.37 Å². The minimum atomic E-state index is -0.736. The molecule has 2 aliphatic rings. The van der Waals surface area contributed by atoms with E-state index in [1.54, 1.807) is 35.4 Å². The number of nitrogens with zero attached hydrogens (tertiary/aromatic N) is 6. The summed E-state index contributed by atoms with van der Waals surface area (Å²) in [5.74, 6) is -0.806. The number of halogens is 2. The molecule has 2 aromatic carbocycles. The largest absolute Gasteiger partial charge is 0.340 e. The van der Waals surface area contributed by atoms with Crippen LogP contribution in [0.2, 0.25) is 0 Å². The van der Waals surface area contributed by atoms with Crippen molar-refractivity contribution in [3.8, 4) is 6.07 Å². The van der Waals surface area contributed by atoms with Crippen LogP contribution in [0.25, 0.3) is 10.9 Å². The summed E-state index contributed by atoms with van der Waals surface area (Å²) in [6, 6.07) is 11.2. The molecule has 1 aliphatic carbocycles. The standard InChI is InChI=1S/C27H24F2N8O/c1-15-26(38)37(19-9-5-6-16(10-19)13-30)22-14-31-27(33-25(22)36(15)18-7-3-2-4-8-18)32-17-11-20-23(21(28)12-17)34-35-24(20)29/h5-6,9-12,14-15,18H,2-4,7-8H2,1H3,(H,34,35)(H,31,32,33)/t15-/m1/s1.